The van der Waals surface area contributed by atoms with Crippen molar-refractivity contribution in [3.63, 3.8) is 0 Å². The van der Waals surface area contributed by atoms with Gasteiger partial charge in [0.2, 0.25) is 11.8 Å². The molecular weight excluding hydrogens is 352 g/mol. The van der Waals surface area contributed by atoms with Gasteiger partial charge in [-0.1, -0.05) is 12.5 Å². The van der Waals surface area contributed by atoms with E-state index in [4.69, 9.17) is 5.73 Å². The largest absolute Gasteiger partial charge is 0.353 e. The van der Waals surface area contributed by atoms with Crippen molar-refractivity contribution in [1.82, 2.24) is 10.6 Å². The second kappa shape index (κ2) is 9.68. The normalized spacial score (nSPS) is 20.5. The van der Waals surface area contributed by atoms with Crippen LogP contribution in [0.25, 0.3) is 0 Å². The van der Waals surface area contributed by atoms with E-state index in [-0.39, 0.29) is 42.3 Å². The van der Waals surface area contributed by atoms with Crippen LogP contribution >= 0.6 is 12.4 Å². The van der Waals surface area contributed by atoms with Crippen molar-refractivity contribution in [2.75, 3.05) is 6.54 Å². The van der Waals surface area contributed by atoms with Crippen molar-refractivity contribution in [2.45, 2.75) is 44.7 Å². The van der Waals surface area contributed by atoms with Crippen LogP contribution in [0.4, 0.5) is 8.78 Å². The maximum absolute atomic E-state index is 14.0. The Morgan fingerprint density at radius 3 is 2.64 bits per heavy atom. The maximum Gasteiger partial charge on any atom is 0.222 e. The number of nitrogens with two attached hydrogens (primary N) is 1. The lowest BCUT2D eigenvalue weighted by Gasteiger charge is -2.23. The summed E-state index contributed by atoms with van der Waals surface area (Å²) in [5.74, 6) is -1.93. The SMILES string of the molecule is CC(=O)NC(CC(=O)NC1CCCC1CN)c1ccc(F)cc1F.Cl. The summed E-state index contributed by atoms with van der Waals surface area (Å²) in [4.78, 5) is 23.7. The van der Waals surface area contributed by atoms with Crippen molar-refractivity contribution in [2.24, 2.45) is 11.7 Å². The zero-order chi connectivity index (χ0) is 17.7. The van der Waals surface area contributed by atoms with Gasteiger partial charge >= 0.3 is 0 Å². The van der Waals surface area contributed by atoms with Crippen LogP contribution in [-0.4, -0.2) is 24.4 Å². The molecule has 0 saturated heterocycles. The Morgan fingerprint density at radius 1 is 1.32 bits per heavy atom. The number of nitrogens with one attached hydrogen (secondary N) is 2. The summed E-state index contributed by atoms with van der Waals surface area (Å²) in [6, 6.07) is 2.26. The van der Waals surface area contributed by atoms with E-state index in [1.165, 1.54) is 13.0 Å². The quantitative estimate of drug-likeness (QED) is 0.712. The number of hydrogen-bond donors (Lipinski definition) is 3. The molecule has 25 heavy (non-hydrogen) atoms. The van der Waals surface area contributed by atoms with Crippen LogP contribution in [0, 0.1) is 17.6 Å². The second-order valence-corrected chi connectivity index (χ2v) is 6.22. The van der Waals surface area contributed by atoms with E-state index in [0.717, 1.165) is 31.4 Å². The number of benzene rings is 1. The molecular formula is C17H24ClF2N3O2. The number of carbonyl (C=O) groups excluding carboxylic acids is 2. The van der Waals surface area contributed by atoms with E-state index < -0.39 is 23.6 Å². The van der Waals surface area contributed by atoms with Gasteiger partial charge in [0.1, 0.15) is 11.6 Å². The Hall–Kier alpha value is -1.73. The Kier molecular flexibility index (Phi) is 8.25. The Balaban J connectivity index is 0.00000312. The van der Waals surface area contributed by atoms with E-state index in [2.05, 4.69) is 10.6 Å². The first-order chi connectivity index (χ1) is 11.4. The predicted octanol–water partition coefficient (Wildman–Crippen LogP) is 2.20. The first-order valence-electron chi connectivity index (χ1n) is 8.12. The highest BCUT2D eigenvalue weighted by Gasteiger charge is 2.28. The summed E-state index contributed by atoms with van der Waals surface area (Å²) in [5, 5.41) is 5.47. The maximum atomic E-state index is 14.0. The van der Waals surface area contributed by atoms with E-state index in [0.29, 0.717) is 6.54 Å². The molecule has 0 heterocycles. The van der Waals surface area contributed by atoms with Crippen LogP contribution < -0.4 is 16.4 Å². The van der Waals surface area contributed by atoms with E-state index >= 15 is 0 Å². The minimum Gasteiger partial charge on any atom is -0.353 e. The Labute approximate surface area is 152 Å². The summed E-state index contributed by atoms with van der Waals surface area (Å²) < 4.78 is 27.1. The molecule has 0 bridgehead atoms. The number of halogens is 3. The number of amides is 2. The monoisotopic (exact) mass is 375 g/mol. The second-order valence-electron chi connectivity index (χ2n) is 6.22. The van der Waals surface area contributed by atoms with Gasteiger partial charge in [-0.05, 0) is 31.4 Å². The first-order valence-corrected chi connectivity index (χ1v) is 8.12. The van der Waals surface area contributed by atoms with Crippen LogP contribution in [0.15, 0.2) is 18.2 Å². The zero-order valence-corrected chi connectivity index (χ0v) is 14.9. The summed E-state index contributed by atoms with van der Waals surface area (Å²) in [6.45, 7) is 1.79. The standard InChI is InChI=1S/C17H23F2N3O2.ClH/c1-10(23)21-16(13-6-5-12(18)7-14(13)19)8-17(24)22-15-4-2-3-11(15)9-20;/h5-7,11,15-16H,2-4,8-9,20H2,1H3,(H,21,23)(H,22,24);1H. The van der Waals surface area contributed by atoms with E-state index in [9.17, 15) is 18.4 Å². The lowest BCUT2D eigenvalue weighted by atomic mass is 10.0. The molecule has 140 valence electrons. The molecule has 3 atom stereocenters. The molecule has 2 rings (SSSR count). The van der Waals surface area contributed by atoms with Crippen molar-refractivity contribution in [3.8, 4) is 0 Å². The Morgan fingerprint density at radius 2 is 2.04 bits per heavy atom. The zero-order valence-electron chi connectivity index (χ0n) is 14.1. The summed E-state index contributed by atoms with van der Waals surface area (Å²) in [6.07, 6.45) is 2.73. The fourth-order valence-corrected chi connectivity index (χ4v) is 3.23. The van der Waals surface area contributed by atoms with E-state index in [1.54, 1.807) is 0 Å². The van der Waals surface area contributed by atoms with Gasteiger partial charge < -0.3 is 16.4 Å². The molecule has 5 nitrogen and oxygen atoms in total. The third kappa shape index (κ3) is 5.93. The summed E-state index contributed by atoms with van der Waals surface area (Å²) in [7, 11) is 0. The molecule has 2 amide bonds. The molecule has 1 aromatic carbocycles. The fraction of sp³-hybridized carbons (Fsp3) is 0.529. The highest BCUT2D eigenvalue weighted by molar-refractivity contribution is 5.85. The fourth-order valence-electron chi connectivity index (χ4n) is 3.23. The molecule has 0 aromatic heterocycles. The molecule has 8 heteroatoms. The van der Waals surface area contributed by atoms with Crippen molar-refractivity contribution in [3.05, 3.63) is 35.4 Å². The minimum atomic E-state index is -0.846. The Bertz CT molecular complexity index is 616. The third-order valence-corrected chi connectivity index (χ3v) is 4.41. The average Bonchev–Trinajstić information content (AvgIpc) is 2.93. The molecule has 1 aliphatic rings. The van der Waals surface area contributed by atoms with Crippen LogP contribution in [0.5, 0.6) is 0 Å². The molecule has 1 aliphatic carbocycles. The summed E-state index contributed by atoms with van der Waals surface area (Å²) in [5.41, 5.74) is 5.79. The molecule has 1 fully saturated rings. The average molecular weight is 376 g/mol. The highest BCUT2D eigenvalue weighted by atomic mass is 35.5. The lowest BCUT2D eigenvalue weighted by Crippen LogP contribution is -2.41. The molecule has 0 aliphatic heterocycles. The third-order valence-electron chi connectivity index (χ3n) is 4.41. The number of rotatable bonds is 6. The number of hydrogen-bond acceptors (Lipinski definition) is 3. The van der Waals surface area contributed by atoms with Crippen LogP contribution in [0.1, 0.15) is 44.2 Å². The topological polar surface area (TPSA) is 84.2 Å². The molecule has 1 saturated carbocycles. The van der Waals surface area contributed by atoms with Gasteiger partial charge in [-0.2, -0.15) is 0 Å². The van der Waals surface area contributed by atoms with Gasteiger partial charge in [0, 0.05) is 24.6 Å². The van der Waals surface area contributed by atoms with Crippen LogP contribution in [0.2, 0.25) is 0 Å². The molecule has 4 N–H and O–H groups in total. The first kappa shape index (κ1) is 21.3. The predicted molar refractivity (Wildman–Crippen MR) is 93.1 cm³/mol. The van der Waals surface area contributed by atoms with Crippen molar-refractivity contribution >= 4 is 24.2 Å². The smallest absolute Gasteiger partial charge is 0.222 e. The highest BCUT2D eigenvalue weighted by Crippen LogP contribution is 2.26. The van der Waals surface area contributed by atoms with Gasteiger partial charge in [0.05, 0.1) is 12.5 Å². The van der Waals surface area contributed by atoms with Gasteiger partial charge in [-0.15, -0.1) is 12.4 Å². The molecule has 0 radical (unpaired) electrons. The van der Waals surface area contributed by atoms with Crippen molar-refractivity contribution in [1.29, 1.82) is 0 Å². The van der Waals surface area contributed by atoms with Crippen molar-refractivity contribution < 1.29 is 18.4 Å². The van der Waals surface area contributed by atoms with Crippen LogP contribution in [0.3, 0.4) is 0 Å². The minimum absolute atomic E-state index is 0. The van der Waals surface area contributed by atoms with Crippen LogP contribution in [-0.2, 0) is 9.59 Å². The summed E-state index contributed by atoms with van der Waals surface area (Å²) >= 11 is 0. The van der Waals surface area contributed by atoms with E-state index in [1.807, 2.05) is 0 Å². The molecule has 0 spiro atoms. The molecule has 3 unspecified atom stereocenters. The lowest BCUT2D eigenvalue weighted by molar-refractivity contribution is -0.123. The van der Waals surface area contributed by atoms with Gasteiger partial charge in [-0.25, -0.2) is 8.78 Å². The number of carbonyl (C=O) groups is 2. The van der Waals surface area contributed by atoms with Gasteiger partial charge in [0.25, 0.3) is 0 Å². The van der Waals surface area contributed by atoms with Gasteiger partial charge in [0.15, 0.2) is 0 Å². The van der Waals surface area contributed by atoms with Gasteiger partial charge in [-0.3, -0.25) is 9.59 Å². The molecule has 1 aromatic rings.